The number of para-hydroxylation sites is 1. The average Bonchev–Trinajstić information content (AvgIpc) is 3.25. The summed E-state index contributed by atoms with van der Waals surface area (Å²) in [5, 5.41) is 20.1. The lowest BCUT2D eigenvalue weighted by atomic mass is 10.1. The highest BCUT2D eigenvalue weighted by Crippen LogP contribution is 2.37. The quantitative estimate of drug-likeness (QED) is 0.276. The molecule has 0 aliphatic rings. The van der Waals surface area contributed by atoms with Crippen LogP contribution in [0.3, 0.4) is 0 Å². The third-order valence-electron chi connectivity index (χ3n) is 5.29. The Bertz CT molecular complexity index is 1110. The number of ether oxygens (including phenoxy) is 2. The molecule has 0 radical (unpaired) electrons. The number of hydrogen-bond donors (Lipinski definition) is 2. The molecule has 182 valence electrons. The number of phenolic OH excluding ortho intramolecular Hbond substituents is 1. The third kappa shape index (κ3) is 5.99. The Morgan fingerprint density at radius 1 is 1.18 bits per heavy atom. The lowest BCUT2D eigenvalue weighted by Gasteiger charge is -2.20. The number of phenols is 1. The Hall–Kier alpha value is -2.82. The van der Waals surface area contributed by atoms with Gasteiger partial charge in [0.05, 0.1) is 18.7 Å². The van der Waals surface area contributed by atoms with Gasteiger partial charge in [0.15, 0.2) is 0 Å². The summed E-state index contributed by atoms with van der Waals surface area (Å²) in [5.74, 6) is 2.29. The van der Waals surface area contributed by atoms with E-state index in [0.717, 1.165) is 0 Å². The van der Waals surface area contributed by atoms with E-state index in [2.05, 4.69) is 31.8 Å². The largest absolute Gasteiger partial charge is 0.506 e. The van der Waals surface area contributed by atoms with Crippen molar-refractivity contribution in [3.8, 4) is 17.2 Å². The monoisotopic (exact) mass is 504 g/mol. The van der Waals surface area contributed by atoms with Crippen LogP contribution >= 0.6 is 23.5 Å². The zero-order valence-electron chi connectivity index (χ0n) is 19.8. The number of rotatable bonds is 11. The number of halogens is 1. The summed E-state index contributed by atoms with van der Waals surface area (Å²) in [6.07, 6.45) is 7.09. The van der Waals surface area contributed by atoms with Crippen molar-refractivity contribution in [3.63, 3.8) is 0 Å². The van der Waals surface area contributed by atoms with Gasteiger partial charge < -0.3 is 14.6 Å². The first kappa shape index (κ1) is 25.8. The summed E-state index contributed by atoms with van der Waals surface area (Å²) >= 11 is 7.38. The smallest absolute Gasteiger partial charge is 0.239 e. The second-order valence-corrected chi connectivity index (χ2v) is 9.31. The number of hydrogen-bond acceptors (Lipinski definition) is 9. The molecule has 0 aliphatic heterocycles. The van der Waals surface area contributed by atoms with Crippen LogP contribution in [0.15, 0.2) is 42.7 Å². The van der Waals surface area contributed by atoms with E-state index in [1.54, 1.807) is 49.4 Å². The molecule has 3 aromatic rings. The van der Waals surface area contributed by atoms with Gasteiger partial charge in [-0.05, 0) is 24.1 Å². The van der Waals surface area contributed by atoms with Crippen molar-refractivity contribution in [2.45, 2.75) is 37.9 Å². The van der Waals surface area contributed by atoms with Crippen LogP contribution in [0, 0.1) is 0 Å². The SMILES string of the molecule is COC/C=C\C(C)c1nnc(NS[C@@H](C)C(C)c2ncc(Cl)cn2)n1-c1c(O)cccc1OC. The molecule has 2 N–H and O–H groups in total. The normalized spacial score (nSPS) is 14.2. The third-order valence-corrected chi connectivity index (χ3v) is 6.57. The number of methoxy groups -OCH3 is 2. The molecule has 3 rings (SSSR count). The highest BCUT2D eigenvalue weighted by atomic mass is 35.5. The molecule has 0 aliphatic carbocycles. The van der Waals surface area contributed by atoms with Gasteiger partial charge in [0, 0.05) is 36.6 Å². The van der Waals surface area contributed by atoms with Gasteiger partial charge in [-0.25, -0.2) is 9.97 Å². The van der Waals surface area contributed by atoms with E-state index in [0.29, 0.717) is 40.7 Å². The number of allylic oxidation sites excluding steroid dienone is 1. The summed E-state index contributed by atoms with van der Waals surface area (Å²) in [6, 6.07) is 5.11. The summed E-state index contributed by atoms with van der Waals surface area (Å²) in [6.45, 7) is 6.60. The Morgan fingerprint density at radius 2 is 1.91 bits per heavy atom. The van der Waals surface area contributed by atoms with E-state index in [1.807, 2.05) is 26.0 Å². The zero-order chi connectivity index (χ0) is 24.7. The fourth-order valence-corrected chi connectivity index (χ4v) is 4.08. The van der Waals surface area contributed by atoms with E-state index < -0.39 is 0 Å². The molecule has 1 aromatic carbocycles. The van der Waals surface area contributed by atoms with Crippen LogP contribution in [-0.2, 0) is 4.74 Å². The Morgan fingerprint density at radius 3 is 2.59 bits per heavy atom. The first-order chi connectivity index (χ1) is 16.4. The van der Waals surface area contributed by atoms with Crippen molar-refractivity contribution in [2.24, 2.45) is 0 Å². The summed E-state index contributed by atoms with van der Waals surface area (Å²) in [4.78, 5) is 8.66. The van der Waals surface area contributed by atoms with Gasteiger partial charge in [0.1, 0.15) is 28.8 Å². The molecule has 2 aromatic heterocycles. The fourth-order valence-electron chi connectivity index (χ4n) is 3.23. The first-order valence-corrected chi connectivity index (χ1v) is 12.0. The predicted octanol–water partition coefficient (Wildman–Crippen LogP) is 4.98. The van der Waals surface area contributed by atoms with Gasteiger partial charge in [0.25, 0.3) is 0 Å². The van der Waals surface area contributed by atoms with E-state index in [4.69, 9.17) is 21.1 Å². The van der Waals surface area contributed by atoms with Crippen molar-refractivity contribution in [2.75, 3.05) is 25.5 Å². The second kappa shape index (κ2) is 12.0. The van der Waals surface area contributed by atoms with E-state index in [9.17, 15) is 5.11 Å². The van der Waals surface area contributed by atoms with Crippen LogP contribution in [0.25, 0.3) is 5.69 Å². The fraction of sp³-hybridized carbons (Fsp3) is 0.391. The van der Waals surface area contributed by atoms with Crippen molar-refractivity contribution >= 4 is 29.5 Å². The Balaban J connectivity index is 1.92. The van der Waals surface area contributed by atoms with Crippen LogP contribution in [0.5, 0.6) is 11.5 Å². The highest BCUT2D eigenvalue weighted by Gasteiger charge is 2.24. The standard InChI is InChI=1S/C23H29ClN6O3S/c1-14(8-7-11-32-4)22-27-28-23(30(22)20-18(31)9-6-10-19(20)33-5)29-34-16(3)15(2)21-25-12-17(24)13-26-21/h6-10,12-16,31H,11H2,1-5H3,(H,28,29)/b8-7-/t14?,15?,16-/m0/s1. The Kier molecular flexibility index (Phi) is 9.14. The molecule has 34 heavy (non-hydrogen) atoms. The van der Waals surface area contributed by atoms with E-state index in [1.165, 1.54) is 11.9 Å². The van der Waals surface area contributed by atoms with Crippen LogP contribution < -0.4 is 9.46 Å². The van der Waals surface area contributed by atoms with Crippen LogP contribution in [0.1, 0.15) is 44.3 Å². The lowest BCUT2D eigenvalue weighted by Crippen LogP contribution is -2.15. The molecule has 2 heterocycles. The maximum absolute atomic E-state index is 10.7. The number of nitrogens with one attached hydrogen (secondary N) is 1. The van der Waals surface area contributed by atoms with Gasteiger partial charge >= 0.3 is 0 Å². The molecule has 3 atom stereocenters. The van der Waals surface area contributed by atoms with E-state index >= 15 is 0 Å². The van der Waals surface area contributed by atoms with Crippen molar-refractivity contribution in [1.29, 1.82) is 0 Å². The Labute approximate surface area is 208 Å². The molecule has 9 nitrogen and oxygen atoms in total. The number of benzene rings is 1. The number of anilines is 1. The average molecular weight is 505 g/mol. The predicted molar refractivity (Wildman–Crippen MR) is 135 cm³/mol. The molecule has 0 spiro atoms. The van der Waals surface area contributed by atoms with Gasteiger partial charge in [0.2, 0.25) is 5.95 Å². The molecular formula is C23H29ClN6O3S. The van der Waals surface area contributed by atoms with Crippen molar-refractivity contribution in [3.05, 3.63) is 59.4 Å². The van der Waals surface area contributed by atoms with Crippen LogP contribution in [-0.4, -0.2) is 55.9 Å². The maximum atomic E-state index is 10.7. The number of nitrogens with zero attached hydrogens (tertiary/aromatic N) is 5. The number of aromatic nitrogens is 5. The highest BCUT2D eigenvalue weighted by molar-refractivity contribution is 8.01. The summed E-state index contributed by atoms with van der Waals surface area (Å²) in [7, 11) is 3.20. The molecule has 11 heteroatoms. The van der Waals surface area contributed by atoms with Gasteiger partial charge in [-0.3, -0.25) is 9.29 Å². The summed E-state index contributed by atoms with van der Waals surface area (Å²) < 4.78 is 15.7. The lowest BCUT2D eigenvalue weighted by molar-refractivity contribution is 0.233. The topological polar surface area (TPSA) is 107 Å². The van der Waals surface area contributed by atoms with Gasteiger partial charge in [-0.1, -0.05) is 50.6 Å². The molecule has 0 bridgehead atoms. The van der Waals surface area contributed by atoms with Gasteiger partial charge in [-0.2, -0.15) is 0 Å². The van der Waals surface area contributed by atoms with Crippen molar-refractivity contribution < 1.29 is 14.6 Å². The van der Waals surface area contributed by atoms with Gasteiger partial charge in [-0.15, -0.1) is 10.2 Å². The number of aromatic hydroxyl groups is 1. The zero-order valence-corrected chi connectivity index (χ0v) is 21.3. The minimum Gasteiger partial charge on any atom is -0.506 e. The van der Waals surface area contributed by atoms with Crippen molar-refractivity contribution in [1.82, 2.24) is 24.7 Å². The molecule has 0 amide bonds. The molecular weight excluding hydrogens is 476 g/mol. The molecule has 2 unspecified atom stereocenters. The second-order valence-electron chi connectivity index (χ2n) is 7.69. The molecule has 0 saturated carbocycles. The summed E-state index contributed by atoms with van der Waals surface area (Å²) in [5.41, 5.74) is 0.460. The van der Waals surface area contributed by atoms with Crippen LogP contribution in [0.2, 0.25) is 5.02 Å². The minimum atomic E-state index is -0.105. The first-order valence-electron chi connectivity index (χ1n) is 10.7. The minimum absolute atomic E-state index is 0.0428. The molecule has 0 fully saturated rings. The maximum Gasteiger partial charge on any atom is 0.239 e. The van der Waals surface area contributed by atoms with E-state index in [-0.39, 0.29) is 22.8 Å². The molecule has 0 saturated heterocycles. The van der Waals surface area contributed by atoms with Crippen LogP contribution in [0.4, 0.5) is 5.95 Å².